The lowest BCUT2D eigenvalue weighted by Crippen LogP contribution is -2.32. The summed E-state index contributed by atoms with van der Waals surface area (Å²) in [5.74, 6) is 1.13. The van der Waals surface area contributed by atoms with Gasteiger partial charge in [-0.3, -0.25) is 9.69 Å². The standard InChI is InChI=1S/C25H28N4O4S/c1-5-17-8-6-9-21-22(17)27-25(34-21)29(12-7-11-28-13-10-26-16-28)24(30)18-14-19(31-2)23(33-4)20(15-18)32-3/h6,8-10,13-16H,5,7,11-12H2,1-4H3. The Labute approximate surface area is 202 Å². The molecule has 9 heteroatoms. The summed E-state index contributed by atoms with van der Waals surface area (Å²) in [5, 5.41) is 0.667. The van der Waals surface area contributed by atoms with Gasteiger partial charge in [-0.15, -0.1) is 0 Å². The molecule has 0 aliphatic heterocycles. The number of ether oxygens (including phenoxy) is 3. The molecule has 0 radical (unpaired) electrons. The number of fused-ring (bicyclic) bond motifs is 1. The van der Waals surface area contributed by atoms with E-state index in [-0.39, 0.29) is 5.91 Å². The van der Waals surface area contributed by atoms with Crippen molar-refractivity contribution in [2.75, 3.05) is 32.8 Å². The number of para-hydroxylation sites is 1. The minimum Gasteiger partial charge on any atom is -0.493 e. The number of hydrogen-bond donors (Lipinski definition) is 0. The van der Waals surface area contributed by atoms with Crippen molar-refractivity contribution in [3.05, 3.63) is 60.2 Å². The van der Waals surface area contributed by atoms with E-state index in [0.29, 0.717) is 34.5 Å². The number of aryl methyl sites for hydroxylation is 2. The first-order valence-corrected chi connectivity index (χ1v) is 11.9. The topological polar surface area (TPSA) is 78.7 Å². The van der Waals surface area contributed by atoms with Crippen molar-refractivity contribution in [2.45, 2.75) is 26.3 Å². The van der Waals surface area contributed by atoms with Gasteiger partial charge < -0.3 is 18.8 Å². The molecule has 1 amide bonds. The van der Waals surface area contributed by atoms with Gasteiger partial charge in [0.25, 0.3) is 5.91 Å². The van der Waals surface area contributed by atoms with Crippen molar-refractivity contribution in [3.8, 4) is 17.2 Å². The highest BCUT2D eigenvalue weighted by molar-refractivity contribution is 7.22. The van der Waals surface area contributed by atoms with Gasteiger partial charge in [-0.05, 0) is 36.6 Å². The summed E-state index contributed by atoms with van der Waals surface area (Å²) in [6.07, 6.45) is 7.05. The molecule has 0 unspecified atom stereocenters. The molecule has 0 saturated carbocycles. The van der Waals surface area contributed by atoms with Gasteiger partial charge in [-0.25, -0.2) is 9.97 Å². The zero-order valence-corrected chi connectivity index (χ0v) is 20.6. The molecule has 4 aromatic rings. The van der Waals surface area contributed by atoms with Crippen LogP contribution in [0.4, 0.5) is 5.13 Å². The molecule has 4 rings (SSSR count). The third-order valence-corrected chi connectivity index (χ3v) is 6.66. The van der Waals surface area contributed by atoms with Crippen LogP contribution < -0.4 is 19.1 Å². The lowest BCUT2D eigenvalue weighted by atomic mass is 10.1. The van der Waals surface area contributed by atoms with Crippen LogP contribution in [0, 0.1) is 0 Å². The molecular formula is C25H28N4O4S. The van der Waals surface area contributed by atoms with Crippen molar-refractivity contribution < 1.29 is 19.0 Å². The number of thiazole rings is 1. The predicted molar refractivity (Wildman–Crippen MR) is 134 cm³/mol. The molecule has 2 aromatic carbocycles. The van der Waals surface area contributed by atoms with E-state index >= 15 is 0 Å². The van der Waals surface area contributed by atoms with Crippen molar-refractivity contribution in [2.24, 2.45) is 0 Å². The molecule has 0 atom stereocenters. The summed E-state index contributed by atoms with van der Waals surface area (Å²) in [4.78, 5) is 24.5. The third-order valence-electron chi connectivity index (χ3n) is 5.62. The number of hydrogen-bond acceptors (Lipinski definition) is 7. The summed E-state index contributed by atoms with van der Waals surface area (Å²) >= 11 is 1.52. The first-order valence-electron chi connectivity index (χ1n) is 11.1. The summed E-state index contributed by atoms with van der Waals surface area (Å²) in [7, 11) is 4.61. The van der Waals surface area contributed by atoms with Crippen molar-refractivity contribution in [3.63, 3.8) is 0 Å². The molecule has 0 aliphatic carbocycles. The maximum absolute atomic E-state index is 13.8. The number of amides is 1. The van der Waals surface area contributed by atoms with E-state index in [4.69, 9.17) is 19.2 Å². The molecule has 2 aromatic heterocycles. The smallest absolute Gasteiger partial charge is 0.260 e. The number of benzene rings is 2. The second kappa shape index (κ2) is 10.6. The molecule has 0 spiro atoms. The number of rotatable bonds is 10. The highest BCUT2D eigenvalue weighted by Crippen LogP contribution is 2.39. The van der Waals surface area contributed by atoms with Gasteiger partial charge in [0, 0.05) is 31.0 Å². The highest BCUT2D eigenvalue weighted by Gasteiger charge is 2.25. The van der Waals surface area contributed by atoms with Crippen molar-refractivity contribution in [1.29, 1.82) is 0 Å². The molecule has 34 heavy (non-hydrogen) atoms. The lowest BCUT2D eigenvalue weighted by Gasteiger charge is -2.21. The Balaban J connectivity index is 1.72. The lowest BCUT2D eigenvalue weighted by molar-refractivity contribution is 0.0985. The number of carbonyl (C=O) groups excluding carboxylic acids is 1. The minimum atomic E-state index is -0.179. The summed E-state index contributed by atoms with van der Waals surface area (Å²) in [5.41, 5.74) is 2.55. The quantitative estimate of drug-likeness (QED) is 0.324. The zero-order chi connectivity index (χ0) is 24.1. The van der Waals surface area contributed by atoms with Gasteiger partial charge in [0.1, 0.15) is 0 Å². The van der Waals surface area contributed by atoms with Gasteiger partial charge in [-0.1, -0.05) is 30.4 Å². The van der Waals surface area contributed by atoms with E-state index in [9.17, 15) is 4.79 Å². The highest BCUT2D eigenvalue weighted by atomic mass is 32.1. The second-order valence-electron chi connectivity index (χ2n) is 7.64. The second-order valence-corrected chi connectivity index (χ2v) is 8.65. The zero-order valence-electron chi connectivity index (χ0n) is 19.8. The average Bonchev–Trinajstić information content (AvgIpc) is 3.54. The number of methoxy groups -OCH3 is 3. The van der Waals surface area contributed by atoms with E-state index in [0.717, 1.165) is 29.6 Å². The molecular weight excluding hydrogens is 452 g/mol. The SMILES string of the molecule is CCc1cccc2sc(N(CCCn3ccnc3)C(=O)c3cc(OC)c(OC)c(OC)c3)nc12. The maximum atomic E-state index is 13.8. The minimum absolute atomic E-state index is 0.179. The van der Waals surface area contributed by atoms with Crippen LogP contribution >= 0.6 is 11.3 Å². The van der Waals surface area contributed by atoms with Crippen LogP contribution in [0.15, 0.2) is 49.1 Å². The van der Waals surface area contributed by atoms with Crippen LogP contribution in [0.3, 0.4) is 0 Å². The Morgan fingerprint density at radius 3 is 2.50 bits per heavy atom. The van der Waals surface area contributed by atoms with Gasteiger partial charge in [-0.2, -0.15) is 0 Å². The van der Waals surface area contributed by atoms with Crippen LogP contribution in [-0.2, 0) is 13.0 Å². The summed E-state index contributed by atoms with van der Waals surface area (Å²) < 4.78 is 19.4. The van der Waals surface area contributed by atoms with E-state index in [1.807, 2.05) is 22.9 Å². The van der Waals surface area contributed by atoms with Gasteiger partial charge in [0.2, 0.25) is 5.75 Å². The van der Waals surface area contributed by atoms with Gasteiger partial charge in [0.05, 0.1) is 37.9 Å². The van der Waals surface area contributed by atoms with E-state index in [2.05, 4.69) is 18.0 Å². The fourth-order valence-corrected chi connectivity index (χ4v) is 4.91. The Morgan fingerprint density at radius 2 is 1.88 bits per heavy atom. The fraction of sp³-hybridized carbons (Fsp3) is 0.320. The first kappa shape index (κ1) is 23.6. The largest absolute Gasteiger partial charge is 0.493 e. The van der Waals surface area contributed by atoms with Gasteiger partial charge in [0.15, 0.2) is 16.6 Å². The molecule has 2 heterocycles. The molecule has 0 aliphatic rings. The third kappa shape index (κ3) is 4.70. The van der Waals surface area contributed by atoms with Gasteiger partial charge >= 0.3 is 0 Å². The molecule has 0 bridgehead atoms. The number of imidazole rings is 1. The van der Waals surface area contributed by atoms with Crippen LogP contribution in [0.25, 0.3) is 10.2 Å². The number of aromatic nitrogens is 3. The molecule has 8 nitrogen and oxygen atoms in total. The molecule has 0 N–H and O–H groups in total. The van der Waals surface area contributed by atoms with E-state index < -0.39 is 0 Å². The van der Waals surface area contributed by atoms with Crippen molar-refractivity contribution in [1.82, 2.24) is 14.5 Å². The van der Waals surface area contributed by atoms with E-state index in [1.54, 1.807) is 29.6 Å². The first-order chi connectivity index (χ1) is 16.6. The summed E-state index contributed by atoms with van der Waals surface area (Å²) in [6.45, 7) is 3.34. The number of carbonyl (C=O) groups is 1. The van der Waals surface area contributed by atoms with Crippen LogP contribution in [0.5, 0.6) is 17.2 Å². The molecule has 178 valence electrons. The number of anilines is 1. The fourth-order valence-electron chi connectivity index (χ4n) is 3.87. The maximum Gasteiger partial charge on any atom is 0.260 e. The Bertz CT molecular complexity index is 1240. The monoisotopic (exact) mass is 480 g/mol. The van der Waals surface area contributed by atoms with Crippen LogP contribution in [0.2, 0.25) is 0 Å². The predicted octanol–water partition coefficient (Wildman–Crippen LogP) is 4.82. The number of nitrogens with zero attached hydrogens (tertiary/aromatic N) is 4. The average molecular weight is 481 g/mol. The van der Waals surface area contributed by atoms with Crippen LogP contribution in [-0.4, -0.2) is 48.3 Å². The van der Waals surface area contributed by atoms with Crippen molar-refractivity contribution >= 4 is 32.6 Å². The Morgan fingerprint density at radius 1 is 1.12 bits per heavy atom. The normalized spacial score (nSPS) is 10.9. The molecule has 0 fully saturated rings. The Kier molecular flexibility index (Phi) is 7.32. The van der Waals surface area contributed by atoms with Crippen LogP contribution in [0.1, 0.15) is 29.3 Å². The van der Waals surface area contributed by atoms with E-state index in [1.165, 1.54) is 38.2 Å². The summed E-state index contributed by atoms with van der Waals surface area (Å²) in [6, 6.07) is 9.52. The Hall–Kier alpha value is -3.59. The molecule has 0 saturated heterocycles.